The number of carbonyl (C=O) groups is 1. The largest absolute Gasteiger partial charge is 0.380 e. The van der Waals surface area contributed by atoms with Crippen LogP contribution in [0.15, 0.2) is 30.5 Å². The minimum Gasteiger partial charge on any atom is -0.380 e. The summed E-state index contributed by atoms with van der Waals surface area (Å²) < 4.78 is 5.37. The molecule has 1 saturated heterocycles. The standard InChI is InChI=1S/C15H18N2O2/c1-19-13-3-2-8-17(10-13)15(18)12-5-4-11-6-7-16-14(11)9-12/h4-7,9,13,16H,2-3,8,10H2,1H3. The van der Waals surface area contributed by atoms with Crippen LogP contribution in [0.5, 0.6) is 0 Å². The molecule has 4 nitrogen and oxygen atoms in total. The zero-order chi connectivity index (χ0) is 13.2. The number of rotatable bonds is 2. The summed E-state index contributed by atoms with van der Waals surface area (Å²) in [4.78, 5) is 17.5. The smallest absolute Gasteiger partial charge is 0.254 e. The Balaban J connectivity index is 1.82. The Morgan fingerprint density at radius 2 is 2.32 bits per heavy atom. The summed E-state index contributed by atoms with van der Waals surface area (Å²) in [7, 11) is 1.71. The number of fused-ring (bicyclic) bond motifs is 1. The lowest BCUT2D eigenvalue weighted by Crippen LogP contribution is -2.42. The monoisotopic (exact) mass is 258 g/mol. The highest BCUT2D eigenvalue weighted by Crippen LogP contribution is 2.19. The van der Waals surface area contributed by atoms with Gasteiger partial charge in [-0.15, -0.1) is 0 Å². The second kappa shape index (κ2) is 5.05. The number of amides is 1. The van der Waals surface area contributed by atoms with E-state index in [2.05, 4.69) is 4.98 Å². The Morgan fingerprint density at radius 3 is 3.16 bits per heavy atom. The van der Waals surface area contributed by atoms with E-state index in [1.807, 2.05) is 35.4 Å². The first-order valence-electron chi connectivity index (χ1n) is 6.67. The summed E-state index contributed by atoms with van der Waals surface area (Å²) in [5.74, 6) is 0.0956. The number of nitrogens with one attached hydrogen (secondary N) is 1. The minimum absolute atomic E-state index is 0.0956. The molecule has 0 saturated carbocycles. The molecule has 4 heteroatoms. The van der Waals surface area contributed by atoms with Crippen LogP contribution >= 0.6 is 0 Å². The van der Waals surface area contributed by atoms with E-state index in [9.17, 15) is 4.79 Å². The van der Waals surface area contributed by atoms with Crippen LogP contribution in [0.3, 0.4) is 0 Å². The molecule has 1 unspecified atom stereocenters. The van der Waals surface area contributed by atoms with Crippen LogP contribution in [0.2, 0.25) is 0 Å². The molecule has 19 heavy (non-hydrogen) atoms. The predicted molar refractivity (Wildman–Crippen MR) is 74.2 cm³/mol. The first-order valence-corrected chi connectivity index (χ1v) is 6.67. The Kier molecular flexibility index (Phi) is 3.25. The number of aromatic nitrogens is 1. The number of methoxy groups -OCH3 is 1. The number of carbonyl (C=O) groups excluding carboxylic acids is 1. The van der Waals surface area contributed by atoms with Crippen LogP contribution in [-0.4, -0.2) is 42.1 Å². The average Bonchev–Trinajstić information content (AvgIpc) is 2.94. The quantitative estimate of drug-likeness (QED) is 0.899. The molecule has 1 aliphatic heterocycles. The molecule has 0 aliphatic carbocycles. The molecule has 0 spiro atoms. The molecule has 3 rings (SSSR count). The number of hydrogen-bond acceptors (Lipinski definition) is 2. The van der Waals surface area contributed by atoms with Crippen LogP contribution in [0.25, 0.3) is 10.9 Å². The topological polar surface area (TPSA) is 45.3 Å². The van der Waals surface area contributed by atoms with Gasteiger partial charge in [0.05, 0.1) is 6.10 Å². The summed E-state index contributed by atoms with van der Waals surface area (Å²) >= 11 is 0. The van der Waals surface area contributed by atoms with E-state index >= 15 is 0 Å². The lowest BCUT2D eigenvalue weighted by Gasteiger charge is -2.32. The van der Waals surface area contributed by atoms with E-state index in [4.69, 9.17) is 4.74 Å². The van der Waals surface area contributed by atoms with E-state index in [1.54, 1.807) is 7.11 Å². The zero-order valence-corrected chi connectivity index (χ0v) is 11.1. The van der Waals surface area contributed by atoms with Crippen molar-refractivity contribution >= 4 is 16.8 Å². The van der Waals surface area contributed by atoms with Crippen molar-refractivity contribution in [3.05, 3.63) is 36.0 Å². The van der Waals surface area contributed by atoms with Gasteiger partial charge < -0.3 is 14.6 Å². The molecule has 0 bridgehead atoms. The Labute approximate surface area is 112 Å². The Bertz CT molecular complexity index is 591. The van der Waals surface area contributed by atoms with Crippen LogP contribution in [0, 0.1) is 0 Å². The number of benzene rings is 1. The van der Waals surface area contributed by atoms with Crippen molar-refractivity contribution in [2.75, 3.05) is 20.2 Å². The van der Waals surface area contributed by atoms with Crippen LogP contribution in [0.1, 0.15) is 23.2 Å². The fourth-order valence-corrected chi connectivity index (χ4v) is 2.68. The summed E-state index contributed by atoms with van der Waals surface area (Å²) in [6, 6.07) is 7.81. The molecular formula is C15H18N2O2. The first kappa shape index (κ1) is 12.2. The van der Waals surface area contributed by atoms with Crippen molar-refractivity contribution in [2.45, 2.75) is 18.9 Å². The van der Waals surface area contributed by atoms with Crippen molar-refractivity contribution in [3.8, 4) is 0 Å². The highest BCUT2D eigenvalue weighted by Gasteiger charge is 2.24. The highest BCUT2D eigenvalue weighted by atomic mass is 16.5. The van der Waals surface area contributed by atoms with Gasteiger partial charge in [-0.2, -0.15) is 0 Å². The van der Waals surface area contributed by atoms with Crippen molar-refractivity contribution in [1.29, 1.82) is 0 Å². The van der Waals surface area contributed by atoms with E-state index in [1.165, 1.54) is 0 Å². The number of piperidine rings is 1. The van der Waals surface area contributed by atoms with E-state index in [0.29, 0.717) is 6.54 Å². The maximum Gasteiger partial charge on any atom is 0.254 e. The van der Waals surface area contributed by atoms with Gasteiger partial charge in [-0.05, 0) is 36.4 Å². The number of hydrogen-bond donors (Lipinski definition) is 1. The molecule has 2 aromatic rings. The van der Waals surface area contributed by atoms with E-state index < -0.39 is 0 Å². The zero-order valence-electron chi connectivity index (χ0n) is 11.1. The molecule has 0 radical (unpaired) electrons. The van der Waals surface area contributed by atoms with Gasteiger partial charge in [0.15, 0.2) is 0 Å². The van der Waals surface area contributed by atoms with Gasteiger partial charge in [-0.1, -0.05) is 6.07 Å². The number of nitrogens with zero attached hydrogens (tertiary/aromatic N) is 1. The molecule has 1 atom stereocenters. The third-order valence-electron chi connectivity index (χ3n) is 3.80. The van der Waals surface area contributed by atoms with Crippen LogP contribution in [-0.2, 0) is 4.74 Å². The normalized spacial score (nSPS) is 19.8. The minimum atomic E-state index is 0.0956. The second-order valence-corrected chi connectivity index (χ2v) is 5.03. The molecule has 100 valence electrons. The average molecular weight is 258 g/mol. The predicted octanol–water partition coefficient (Wildman–Crippen LogP) is 2.42. The third-order valence-corrected chi connectivity index (χ3v) is 3.80. The Morgan fingerprint density at radius 1 is 1.42 bits per heavy atom. The fraction of sp³-hybridized carbons (Fsp3) is 0.400. The van der Waals surface area contributed by atoms with Crippen molar-refractivity contribution in [1.82, 2.24) is 9.88 Å². The molecule has 1 amide bonds. The molecular weight excluding hydrogens is 240 g/mol. The summed E-state index contributed by atoms with van der Waals surface area (Å²) in [5, 5.41) is 1.13. The lowest BCUT2D eigenvalue weighted by molar-refractivity contribution is 0.0269. The summed E-state index contributed by atoms with van der Waals surface area (Å²) in [5.41, 5.74) is 1.75. The summed E-state index contributed by atoms with van der Waals surface area (Å²) in [6.07, 6.45) is 4.11. The fourth-order valence-electron chi connectivity index (χ4n) is 2.68. The third kappa shape index (κ3) is 2.36. The summed E-state index contributed by atoms with van der Waals surface area (Å²) in [6.45, 7) is 1.51. The molecule has 1 aromatic carbocycles. The number of aromatic amines is 1. The molecule has 1 N–H and O–H groups in total. The Hall–Kier alpha value is -1.81. The lowest BCUT2D eigenvalue weighted by atomic mass is 10.1. The van der Waals surface area contributed by atoms with Crippen LogP contribution in [0.4, 0.5) is 0 Å². The van der Waals surface area contributed by atoms with Crippen molar-refractivity contribution in [3.63, 3.8) is 0 Å². The molecule has 1 aliphatic rings. The van der Waals surface area contributed by atoms with Gasteiger partial charge >= 0.3 is 0 Å². The van der Waals surface area contributed by atoms with Gasteiger partial charge in [0.1, 0.15) is 0 Å². The van der Waals surface area contributed by atoms with Gasteiger partial charge in [-0.25, -0.2) is 0 Å². The second-order valence-electron chi connectivity index (χ2n) is 5.03. The van der Waals surface area contributed by atoms with E-state index in [0.717, 1.165) is 35.9 Å². The van der Waals surface area contributed by atoms with Gasteiger partial charge in [0.2, 0.25) is 0 Å². The van der Waals surface area contributed by atoms with Crippen LogP contribution < -0.4 is 0 Å². The molecule has 1 fully saturated rings. The van der Waals surface area contributed by atoms with Gasteiger partial charge in [0, 0.05) is 37.5 Å². The number of H-pyrrole nitrogens is 1. The van der Waals surface area contributed by atoms with Crippen molar-refractivity contribution in [2.24, 2.45) is 0 Å². The maximum absolute atomic E-state index is 12.5. The van der Waals surface area contributed by atoms with Gasteiger partial charge in [-0.3, -0.25) is 4.79 Å². The van der Waals surface area contributed by atoms with Gasteiger partial charge in [0.25, 0.3) is 5.91 Å². The number of ether oxygens (including phenoxy) is 1. The highest BCUT2D eigenvalue weighted by molar-refractivity contribution is 5.98. The molecule has 2 heterocycles. The first-order chi connectivity index (χ1) is 9.28. The molecule has 1 aromatic heterocycles. The van der Waals surface area contributed by atoms with Crippen molar-refractivity contribution < 1.29 is 9.53 Å². The van der Waals surface area contributed by atoms with E-state index in [-0.39, 0.29) is 12.0 Å². The SMILES string of the molecule is COC1CCCN(C(=O)c2ccc3cc[nH]c3c2)C1. The number of likely N-dealkylation sites (tertiary alicyclic amines) is 1. The maximum atomic E-state index is 12.5.